The number of hydrogen-bond donors (Lipinski definition) is 0. The fourth-order valence-corrected chi connectivity index (χ4v) is 5.58. The average Bonchev–Trinajstić information content (AvgIpc) is 3.19. The molecule has 4 rings (SSSR count). The second-order valence-electron chi connectivity index (χ2n) is 16.5. The van der Waals surface area contributed by atoms with E-state index in [2.05, 4.69) is 19.8 Å². The molecule has 24 heteroatoms. The largest absolute Gasteiger partial charge is 2.00 e. The number of nitro groups is 2. The first kappa shape index (κ1) is 68.1. The molecule has 2 heterocycles. The molecule has 378 valence electrons. The molecule has 0 aliphatic carbocycles. The molecule has 0 unspecified atom stereocenters. The van der Waals surface area contributed by atoms with Crippen molar-refractivity contribution in [3.05, 3.63) is 158 Å². The molecule has 2 aromatic heterocycles. The summed E-state index contributed by atoms with van der Waals surface area (Å²) in [5.41, 5.74) is 2.67. The van der Waals surface area contributed by atoms with Gasteiger partial charge in [-0.2, -0.15) is 10.5 Å². The van der Waals surface area contributed by atoms with Crippen LogP contribution in [0.5, 0.6) is 11.5 Å². The molecule has 0 aliphatic heterocycles. The number of aromatic nitrogens is 2. The molecule has 2 radical (unpaired) electrons. The van der Waals surface area contributed by atoms with E-state index in [0.29, 0.717) is 48.4 Å². The SMILES string of the molecule is CC#N.CC#N.CC(C)N(Cc1ccccn1)Cc1cc([N+](=O)[O-])cc(C(C)(C)C)c1[O-].CC(C)N(Cc1ccccn1)Cc1cc([N+](=O)[O-])cc(C(C)(C)C)c1[O-].O=[N+]([O-])[O-].O=[N+]([O-])[O-].[Cu+2].[Cu+2]. The first-order chi connectivity index (χ1) is 30.5. The van der Waals surface area contributed by atoms with Gasteiger partial charge >= 0.3 is 34.1 Å². The number of non-ortho nitro benzene ring substituents is 2. The van der Waals surface area contributed by atoms with E-state index >= 15 is 0 Å². The van der Waals surface area contributed by atoms with E-state index in [-0.39, 0.29) is 69.1 Å². The molecule has 68 heavy (non-hydrogen) atoms. The molecule has 0 amide bonds. The Labute approximate surface area is 417 Å². The molecule has 0 saturated carbocycles. The maximum atomic E-state index is 12.9. The van der Waals surface area contributed by atoms with Gasteiger partial charge in [0.25, 0.3) is 11.4 Å². The standard InChI is InChI=1S/2C20H27N3O3.2C2H3N.2Cu.2NO3/c2*1-14(2)22(13-16-8-6-7-9-21-16)12-15-10-17(23(25)26)11-18(19(15)24)20(3,4)5;2*1-2-3;;;2*2-1(3)4/h2*6-11,14,24H,12-13H2,1-5H3;2*1H3;;;;/q;;;;2*+2;2*-1/p-2. The van der Waals surface area contributed by atoms with Crippen LogP contribution in [0.15, 0.2) is 73.1 Å². The normalized spacial score (nSPS) is 10.1. The predicted octanol–water partition coefficient (Wildman–Crippen LogP) is 8.12. The monoisotopic (exact) mass is 1040 g/mol. The Morgan fingerprint density at radius 1 is 0.559 bits per heavy atom. The Balaban J connectivity index is -0.000000461. The van der Waals surface area contributed by atoms with Crippen molar-refractivity contribution in [3.8, 4) is 23.6 Å². The maximum absolute atomic E-state index is 12.9. The Bertz CT molecular complexity index is 2070. The second-order valence-corrected chi connectivity index (χ2v) is 16.5. The number of hydrogen-bond acceptors (Lipinski definition) is 18. The quantitative estimate of drug-likeness (QED) is 0.0734. The first-order valence-electron chi connectivity index (χ1n) is 20.0. The molecular weight excluding hydrogens is 988 g/mol. The summed E-state index contributed by atoms with van der Waals surface area (Å²) in [6, 6.07) is 20.9. The zero-order valence-electron chi connectivity index (χ0n) is 39.9. The zero-order valence-corrected chi connectivity index (χ0v) is 41.8. The fourth-order valence-electron chi connectivity index (χ4n) is 5.58. The minimum atomic E-state index is -1.75. The van der Waals surface area contributed by atoms with Crippen LogP contribution in [-0.2, 0) is 71.1 Å². The van der Waals surface area contributed by atoms with Crippen LogP contribution in [0.4, 0.5) is 11.4 Å². The number of nitro benzene ring substituents is 2. The van der Waals surface area contributed by atoms with Crippen molar-refractivity contribution in [2.75, 3.05) is 0 Å². The van der Waals surface area contributed by atoms with Crippen molar-refractivity contribution in [2.45, 2.75) is 132 Å². The van der Waals surface area contributed by atoms with Crippen LogP contribution in [0.3, 0.4) is 0 Å². The molecule has 2 aromatic carbocycles. The van der Waals surface area contributed by atoms with E-state index in [9.17, 15) is 30.4 Å². The molecule has 22 nitrogen and oxygen atoms in total. The summed E-state index contributed by atoms with van der Waals surface area (Å²) in [5, 5.41) is 92.7. The molecule has 4 aromatic rings. The molecule has 0 saturated heterocycles. The Kier molecular flexibility index (Phi) is 33.9. The van der Waals surface area contributed by atoms with Crippen molar-refractivity contribution < 1.29 is 64.4 Å². The van der Waals surface area contributed by atoms with Crippen LogP contribution >= 0.6 is 0 Å². The molecule has 0 N–H and O–H groups in total. The summed E-state index contributed by atoms with van der Waals surface area (Å²) in [5.74, 6) is -0.232. The van der Waals surface area contributed by atoms with Gasteiger partial charge < -0.3 is 40.9 Å². The third-order valence-corrected chi connectivity index (χ3v) is 8.73. The van der Waals surface area contributed by atoms with Gasteiger partial charge in [-0.15, -0.1) is 11.5 Å². The van der Waals surface area contributed by atoms with Crippen LogP contribution in [0, 0.1) is 73.5 Å². The van der Waals surface area contributed by atoms with Crippen LogP contribution in [0.2, 0.25) is 0 Å². The summed E-state index contributed by atoms with van der Waals surface area (Å²) in [4.78, 5) is 51.2. The molecule has 0 fully saturated rings. The van der Waals surface area contributed by atoms with E-state index in [4.69, 9.17) is 41.2 Å². The van der Waals surface area contributed by atoms with Crippen LogP contribution < -0.4 is 10.2 Å². The second kappa shape index (κ2) is 33.9. The van der Waals surface area contributed by atoms with Crippen molar-refractivity contribution >= 4 is 11.4 Å². The van der Waals surface area contributed by atoms with Crippen LogP contribution in [-0.4, -0.2) is 51.9 Å². The minimum absolute atomic E-state index is 0. The van der Waals surface area contributed by atoms with E-state index in [1.54, 1.807) is 24.5 Å². The predicted molar refractivity (Wildman–Crippen MR) is 243 cm³/mol. The average molecular weight is 1050 g/mol. The number of benzene rings is 2. The Morgan fingerprint density at radius 2 is 0.824 bits per heavy atom. The third-order valence-electron chi connectivity index (χ3n) is 8.73. The number of pyridine rings is 2. The van der Waals surface area contributed by atoms with Gasteiger partial charge in [0, 0.05) is 88.8 Å². The van der Waals surface area contributed by atoms with Gasteiger partial charge in [0.2, 0.25) is 0 Å². The van der Waals surface area contributed by atoms with E-state index in [1.807, 2.05) is 106 Å². The van der Waals surface area contributed by atoms with Crippen molar-refractivity contribution in [3.63, 3.8) is 0 Å². The van der Waals surface area contributed by atoms with Gasteiger partial charge in [0.05, 0.1) is 43.5 Å². The van der Waals surface area contributed by atoms with E-state index < -0.39 is 30.8 Å². The van der Waals surface area contributed by atoms with Gasteiger partial charge in [0.1, 0.15) is 0 Å². The Morgan fingerprint density at radius 3 is 1.01 bits per heavy atom. The molecule has 0 bridgehead atoms. The summed E-state index contributed by atoms with van der Waals surface area (Å²) in [7, 11) is 0. The van der Waals surface area contributed by atoms with Crippen molar-refractivity contribution in [1.82, 2.24) is 19.8 Å². The van der Waals surface area contributed by atoms with Gasteiger partial charge in [0.15, 0.2) is 0 Å². The van der Waals surface area contributed by atoms with Gasteiger partial charge in [-0.25, -0.2) is 0 Å². The first-order valence-corrected chi connectivity index (χ1v) is 20.0. The smallest absolute Gasteiger partial charge is 0.872 e. The zero-order chi connectivity index (χ0) is 51.5. The summed E-state index contributed by atoms with van der Waals surface area (Å²) < 4.78 is 0. The van der Waals surface area contributed by atoms with Gasteiger partial charge in [-0.05, 0) is 85.0 Å². The number of nitriles is 2. The molecular formula is C44H58Cu2N10O12. The summed E-state index contributed by atoms with van der Waals surface area (Å²) in [6.07, 6.45) is 3.47. The minimum Gasteiger partial charge on any atom is -0.872 e. The fraction of sp³-hybridized carbons (Fsp3) is 0.455. The maximum Gasteiger partial charge on any atom is 2.00 e. The molecule has 0 spiro atoms. The summed E-state index contributed by atoms with van der Waals surface area (Å²) in [6.45, 7) is 24.2. The Hall–Kier alpha value is -6.52. The van der Waals surface area contributed by atoms with Crippen molar-refractivity contribution in [2.24, 2.45) is 0 Å². The number of nitrogens with zero attached hydrogens (tertiary/aromatic N) is 10. The van der Waals surface area contributed by atoms with Crippen LogP contribution in [0.1, 0.15) is 117 Å². The molecule has 0 atom stereocenters. The van der Waals surface area contributed by atoms with E-state index in [0.717, 1.165) is 11.4 Å². The topological polar surface area (TPSA) is 345 Å². The van der Waals surface area contributed by atoms with Crippen LogP contribution in [0.25, 0.3) is 0 Å². The molecule has 0 aliphatic rings. The van der Waals surface area contributed by atoms with Gasteiger partial charge in [-0.1, -0.05) is 53.7 Å². The summed E-state index contributed by atoms with van der Waals surface area (Å²) >= 11 is 0. The number of rotatable bonds is 12. The van der Waals surface area contributed by atoms with Crippen molar-refractivity contribution in [1.29, 1.82) is 10.5 Å². The third kappa shape index (κ3) is 27.8. The van der Waals surface area contributed by atoms with E-state index in [1.165, 1.54) is 38.1 Å². The van der Waals surface area contributed by atoms with Gasteiger partial charge in [-0.3, -0.25) is 40.0 Å².